The van der Waals surface area contributed by atoms with E-state index in [1.165, 1.54) is 21.2 Å². The number of fused-ring (bicyclic) bond motifs is 2. The maximum atomic E-state index is 2.43. The Morgan fingerprint density at radius 2 is 1.41 bits per heavy atom. The molecular weight excluding hydrogens is 226 g/mol. The van der Waals surface area contributed by atoms with Gasteiger partial charge in [-0.3, -0.25) is 0 Å². The largest absolute Gasteiger partial charge is 0.340 e. The van der Waals surface area contributed by atoms with Gasteiger partial charge in [0.25, 0.3) is 0 Å². The summed E-state index contributed by atoms with van der Waals surface area (Å²) in [7, 11) is 0. The van der Waals surface area contributed by atoms with Gasteiger partial charge in [0.1, 0.15) is 0 Å². The summed E-state index contributed by atoms with van der Waals surface area (Å²) in [4.78, 5) is 5.15. The quantitative estimate of drug-likeness (QED) is 0.749. The van der Waals surface area contributed by atoms with Crippen LogP contribution in [0.5, 0.6) is 0 Å². The molecule has 0 saturated carbocycles. The van der Waals surface area contributed by atoms with Crippen LogP contribution in [0.15, 0.2) is 58.3 Å². The van der Waals surface area contributed by atoms with E-state index in [4.69, 9.17) is 0 Å². The average molecular weight is 241 g/mol. The molecule has 0 N–H and O–H groups in total. The Morgan fingerprint density at radius 1 is 0.882 bits per heavy atom. The zero-order chi connectivity index (χ0) is 11.7. The number of anilines is 2. The number of hydrogen-bond donors (Lipinski definition) is 0. The zero-order valence-electron chi connectivity index (χ0n) is 9.89. The predicted molar refractivity (Wildman–Crippen MR) is 74.3 cm³/mol. The van der Waals surface area contributed by atoms with Crippen molar-refractivity contribution in [2.24, 2.45) is 0 Å². The van der Waals surface area contributed by atoms with Crippen molar-refractivity contribution in [1.29, 1.82) is 0 Å². The number of rotatable bonds is 2. The first-order chi connectivity index (χ1) is 8.40. The SMILES string of the molecule is CCCN1c2ccccc2Sc2ccccc21. The van der Waals surface area contributed by atoms with E-state index in [1.54, 1.807) is 0 Å². The topological polar surface area (TPSA) is 3.24 Å². The summed E-state index contributed by atoms with van der Waals surface area (Å²) in [6.07, 6.45) is 1.16. The number of benzene rings is 2. The minimum atomic E-state index is 1.08. The van der Waals surface area contributed by atoms with Crippen LogP contribution in [0.3, 0.4) is 0 Å². The van der Waals surface area contributed by atoms with E-state index in [0.717, 1.165) is 13.0 Å². The fourth-order valence-electron chi connectivity index (χ4n) is 2.25. The molecule has 1 aliphatic heterocycles. The molecule has 1 nitrogen and oxygen atoms in total. The van der Waals surface area contributed by atoms with Crippen LogP contribution in [-0.4, -0.2) is 6.54 Å². The molecule has 2 aromatic carbocycles. The molecule has 1 heterocycles. The van der Waals surface area contributed by atoms with Crippen molar-refractivity contribution in [3.63, 3.8) is 0 Å². The van der Waals surface area contributed by atoms with E-state index in [2.05, 4.69) is 60.4 Å². The van der Waals surface area contributed by atoms with Crippen LogP contribution in [0.1, 0.15) is 13.3 Å². The Hall–Kier alpha value is -1.41. The van der Waals surface area contributed by atoms with Gasteiger partial charge >= 0.3 is 0 Å². The van der Waals surface area contributed by atoms with Gasteiger partial charge in [-0.1, -0.05) is 43.0 Å². The summed E-state index contributed by atoms with van der Waals surface area (Å²) < 4.78 is 0. The Balaban J connectivity index is 2.13. The fourth-order valence-corrected chi connectivity index (χ4v) is 3.34. The van der Waals surface area contributed by atoms with E-state index in [9.17, 15) is 0 Å². The molecule has 0 unspecified atom stereocenters. The zero-order valence-corrected chi connectivity index (χ0v) is 10.7. The highest BCUT2D eigenvalue weighted by atomic mass is 32.2. The average Bonchev–Trinajstić information content (AvgIpc) is 2.39. The van der Waals surface area contributed by atoms with Crippen LogP contribution in [-0.2, 0) is 0 Å². The molecule has 0 aliphatic carbocycles. The van der Waals surface area contributed by atoms with E-state index in [0.29, 0.717) is 0 Å². The van der Waals surface area contributed by atoms with Crippen LogP contribution in [0.2, 0.25) is 0 Å². The van der Waals surface area contributed by atoms with Crippen molar-refractivity contribution in [1.82, 2.24) is 0 Å². The first-order valence-corrected chi connectivity index (χ1v) is 6.85. The summed E-state index contributed by atoms with van der Waals surface area (Å²) in [5, 5.41) is 0. The van der Waals surface area contributed by atoms with Gasteiger partial charge in [-0.25, -0.2) is 0 Å². The lowest BCUT2D eigenvalue weighted by Gasteiger charge is -2.32. The normalized spacial score (nSPS) is 13.1. The lowest BCUT2D eigenvalue weighted by atomic mass is 10.2. The Bertz CT molecular complexity index is 490. The molecular formula is C15H15NS. The second-order valence-electron chi connectivity index (χ2n) is 4.19. The summed E-state index contributed by atoms with van der Waals surface area (Å²) in [5.41, 5.74) is 2.69. The fraction of sp³-hybridized carbons (Fsp3) is 0.200. The third-order valence-corrected chi connectivity index (χ3v) is 4.11. The maximum absolute atomic E-state index is 2.43. The van der Waals surface area contributed by atoms with Crippen molar-refractivity contribution in [3.05, 3.63) is 48.5 Å². The summed E-state index contributed by atoms with van der Waals surface area (Å²) >= 11 is 1.87. The number of para-hydroxylation sites is 2. The molecule has 0 atom stereocenters. The van der Waals surface area contributed by atoms with E-state index in [1.807, 2.05) is 11.8 Å². The molecule has 0 aromatic heterocycles. The van der Waals surface area contributed by atoms with Crippen molar-refractivity contribution in [2.45, 2.75) is 23.1 Å². The van der Waals surface area contributed by atoms with Crippen LogP contribution in [0.25, 0.3) is 0 Å². The van der Waals surface area contributed by atoms with Gasteiger partial charge in [0, 0.05) is 16.3 Å². The third kappa shape index (κ3) is 1.83. The molecule has 86 valence electrons. The van der Waals surface area contributed by atoms with Crippen molar-refractivity contribution in [2.75, 3.05) is 11.4 Å². The third-order valence-electron chi connectivity index (χ3n) is 2.98. The summed E-state index contributed by atoms with van der Waals surface area (Å²) in [6.45, 7) is 3.31. The molecule has 0 saturated heterocycles. The Kier molecular flexibility index (Phi) is 2.81. The van der Waals surface area contributed by atoms with Gasteiger partial charge in [-0.15, -0.1) is 0 Å². The van der Waals surface area contributed by atoms with Gasteiger partial charge < -0.3 is 4.90 Å². The second-order valence-corrected chi connectivity index (χ2v) is 5.27. The van der Waals surface area contributed by atoms with E-state index < -0.39 is 0 Å². The maximum Gasteiger partial charge on any atom is 0.0552 e. The molecule has 3 rings (SSSR count). The Morgan fingerprint density at radius 3 is 1.94 bits per heavy atom. The monoisotopic (exact) mass is 241 g/mol. The molecule has 0 spiro atoms. The van der Waals surface area contributed by atoms with Gasteiger partial charge in [0.15, 0.2) is 0 Å². The predicted octanol–water partition coefficient (Wildman–Crippen LogP) is 4.70. The summed E-state index contributed by atoms with van der Waals surface area (Å²) in [6, 6.07) is 17.3. The van der Waals surface area contributed by atoms with Crippen molar-refractivity contribution in [3.8, 4) is 0 Å². The minimum absolute atomic E-state index is 1.08. The highest BCUT2D eigenvalue weighted by molar-refractivity contribution is 7.99. The highest BCUT2D eigenvalue weighted by Gasteiger charge is 2.21. The van der Waals surface area contributed by atoms with E-state index >= 15 is 0 Å². The number of hydrogen-bond acceptors (Lipinski definition) is 2. The molecule has 17 heavy (non-hydrogen) atoms. The molecule has 1 aliphatic rings. The van der Waals surface area contributed by atoms with Crippen LogP contribution in [0, 0.1) is 0 Å². The summed E-state index contributed by atoms with van der Waals surface area (Å²) in [5.74, 6) is 0. The Labute approximate surface area is 106 Å². The van der Waals surface area contributed by atoms with Crippen LogP contribution >= 0.6 is 11.8 Å². The molecule has 0 bridgehead atoms. The van der Waals surface area contributed by atoms with Crippen LogP contribution < -0.4 is 4.90 Å². The molecule has 2 aromatic rings. The molecule has 0 fully saturated rings. The van der Waals surface area contributed by atoms with Crippen LogP contribution in [0.4, 0.5) is 11.4 Å². The van der Waals surface area contributed by atoms with Crippen molar-refractivity contribution < 1.29 is 0 Å². The van der Waals surface area contributed by atoms with Gasteiger partial charge in [-0.2, -0.15) is 0 Å². The molecule has 2 heteroatoms. The van der Waals surface area contributed by atoms with E-state index in [-0.39, 0.29) is 0 Å². The first kappa shape index (κ1) is 10.7. The smallest absolute Gasteiger partial charge is 0.0552 e. The van der Waals surface area contributed by atoms with Gasteiger partial charge in [0.05, 0.1) is 11.4 Å². The first-order valence-electron chi connectivity index (χ1n) is 6.03. The van der Waals surface area contributed by atoms with Gasteiger partial charge in [-0.05, 0) is 30.7 Å². The highest BCUT2D eigenvalue weighted by Crippen LogP contribution is 2.47. The lowest BCUT2D eigenvalue weighted by Crippen LogP contribution is -2.21. The van der Waals surface area contributed by atoms with Crippen molar-refractivity contribution >= 4 is 23.1 Å². The standard InChI is InChI=1S/C15H15NS/c1-2-11-16-12-7-3-5-9-14(12)17-15-10-6-4-8-13(15)16/h3-10H,2,11H2,1H3. The minimum Gasteiger partial charge on any atom is -0.340 e. The van der Waals surface area contributed by atoms with Gasteiger partial charge in [0.2, 0.25) is 0 Å². The lowest BCUT2D eigenvalue weighted by molar-refractivity contribution is 0.866. The number of nitrogens with zero attached hydrogens (tertiary/aromatic N) is 1. The molecule has 0 radical (unpaired) electrons. The molecule has 0 amide bonds. The second kappa shape index (κ2) is 4.46.